The topological polar surface area (TPSA) is 88.3 Å². The Labute approximate surface area is 155 Å². The van der Waals surface area contributed by atoms with Crippen molar-refractivity contribution in [1.82, 2.24) is 20.0 Å². The van der Waals surface area contributed by atoms with Gasteiger partial charge in [-0.15, -0.1) is 0 Å². The average Bonchev–Trinajstić information content (AvgIpc) is 3.09. The minimum Gasteiger partial charge on any atom is -0.497 e. The molecular formula is C18H20N4O3S. The Morgan fingerprint density at radius 2 is 2.04 bits per heavy atom. The maximum Gasteiger partial charge on any atom is 0.325 e. The summed E-state index contributed by atoms with van der Waals surface area (Å²) in [6, 6.07) is 13.1. The standard InChI is InChI=1S/C18H20N4O3S/c1-24-13-8-7-12(16(11-13)25-2)9-10-19-17(23)22-26-18-20-14-5-3-4-6-15(14)21-18/h3-8,11H,9-10H2,1-2H3,(H,20,21)(H2,19,22,23). The lowest BCUT2D eigenvalue weighted by Gasteiger charge is -2.11. The van der Waals surface area contributed by atoms with Crippen LogP contribution in [0.25, 0.3) is 11.0 Å². The number of carbonyl (C=O) groups excluding carboxylic acids is 1. The number of rotatable bonds is 7. The van der Waals surface area contributed by atoms with Crippen LogP contribution in [0.4, 0.5) is 4.79 Å². The first kappa shape index (κ1) is 17.9. The zero-order chi connectivity index (χ0) is 18.4. The van der Waals surface area contributed by atoms with Crippen molar-refractivity contribution < 1.29 is 14.3 Å². The van der Waals surface area contributed by atoms with Crippen molar-refractivity contribution in [3.8, 4) is 11.5 Å². The summed E-state index contributed by atoms with van der Waals surface area (Å²) in [7, 11) is 3.22. The molecule has 0 unspecified atom stereocenters. The van der Waals surface area contributed by atoms with Crippen LogP contribution in [0.15, 0.2) is 47.6 Å². The van der Waals surface area contributed by atoms with Gasteiger partial charge in [0.05, 0.1) is 25.3 Å². The summed E-state index contributed by atoms with van der Waals surface area (Å²) in [5.41, 5.74) is 2.80. The number of hydrogen-bond donors (Lipinski definition) is 3. The molecular weight excluding hydrogens is 352 g/mol. The smallest absolute Gasteiger partial charge is 0.325 e. The first-order valence-corrected chi connectivity index (χ1v) is 8.87. The van der Waals surface area contributed by atoms with Gasteiger partial charge in [-0.05, 0) is 30.2 Å². The molecule has 26 heavy (non-hydrogen) atoms. The highest BCUT2D eigenvalue weighted by Crippen LogP contribution is 2.24. The van der Waals surface area contributed by atoms with E-state index in [0.717, 1.165) is 40.0 Å². The normalized spacial score (nSPS) is 10.5. The molecule has 8 heteroatoms. The monoisotopic (exact) mass is 372 g/mol. The van der Waals surface area contributed by atoms with Crippen LogP contribution in [0.1, 0.15) is 5.56 Å². The van der Waals surface area contributed by atoms with E-state index in [4.69, 9.17) is 9.47 Å². The van der Waals surface area contributed by atoms with E-state index in [9.17, 15) is 4.79 Å². The SMILES string of the molecule is COc1ccc(CCNC(=O)NSc2nc3ccccc3[nH]2)c(OC)c1. The van der Waals surface area contributed by atoms with Crippen molar-refractivity contribution in [2.45, 2.75) is 11.6 Å². The van der Waals surface area contributed by atoms with Gasteiger partial charge in [0.1, 0.15) is 11.5 Å². The minimum absolute atomic E-state index is 0.275. The van der Waals surface area contributed by atoms with E-state index < -0.39 is 0 Å². The molecule has 1 heterocycles. The first-order chi connectivity index (χ1) is 12.7. The predicted octanol–water partition coefficient (Wildman–Crippen LogP) is 3.13. The molecule has 0 aliphatic heterocycles. The van der Waals surface area contributed by atoms with E-state index in [-0.39, 0.29) is 6.03 Å². The zero-order valence-electron chi connectivity index (χ0n) is 14.5. The van der Waals surface area contributed by atoms with E-state index in [1.807, 2.05) is 42.5 Å². The molecule has 2 amide bonds. The van der Waals surface area contributed by atoms with E-state index in [1.165, 1.54) is 0 Å². The maximum atomic E-state index is 11.9. The summed E-state index contributed by atoms with van der Waals surface area (Å²) in [5, 5.41) is 3.45. The zero-order valence-corrected chi connectivity index (χ0v) is 15.4. The highest BCUT2D eigenvalue weighted by Gasteiger charge is 2.08. The highest BCUT2D eigenvalue weighted by atomic mass is 32.2. The lowest BCUT2D eigenvalue weighted by atomic mass is 10.1. The van der Waals surface area contributed by atoms with E-state index in [0.29, 0.717) is 18.1 Å². The fraction of sp³-hybridized carbons (Fsp3) is 0.222. The highest BCUT2D eigenvalue weighted by molar-refractivity contribution is 7.97. The number of H-pyrrole nitrogens is 1. The van der Waals surface area contributed by atoms with Crippen LogP contribution in [0.5, 0.6) is 11.5 Å². The number of carbonyl (C=O) groups is 1. The summed E-state index contributed by atoms with van der Waals surface area (Å²) in [6.07, 6.45) is 0.649. The number of imidazole rings is 1. The van der Waals surface area contributed by atoms with Crippen molar-refractivity contribution in [3.63, 3.8) is 0 Å². The quantitative estimate of drug-likeness (QED) is 0.555. The van der Waals surface area contributed by atoms with Gasteiger partial charge >= 0.3 is 6.03 Å². The first-order valence-electron chi connectivity index (χ1n) is 8.06. The van der Waals surface area contributed by atoms with Crippen LogP contribution < -0.4 is 19.5 Å². The number of benzene rings is 2. The molecule has 7 nitrogen and oxygen atoms in total. The molecule has 0 bridgehead atoms. The number of fused-ring (bicyclic) bond motifs is 1. The van der Waals surface area contributed by atoms with Gasteiger partial charge in [-0.1, -0.05) is 18.2 Å². The maximum absolute atomic E-state index is 11.9. The van der Waals surface area contributed by atoms with Gasteiger partial charge in [-0.2, -0.15) is 0 Å². The second-order valence-corrected chi connectivity index (χ2v) is 6.24. The Hall–Kier alpha value is -2.87. The van der Waals surface area contributed by atoms with Crippen LogP contribution in [-0.2, 0) is 6.42 Å². The molecule has 0 fully saturated rings. The molecule has 136 valence electrons. The van der Waals surface area contributed by atoms with Crippen LogP contribution in [0, 0.1) is 0 Å². The van der Waals surface area contributed by atoms with E-state index in [2.05, 4.69) is 20.0 Å². The largest absolute Gasteiger partial charge is 0.497 e. The lowest BCUT2D eigenvalue weighted by Crippen LogP contribution is -2.32. The summed E-state index contributed by atoms with van der Waals surface area (Å²) in [6.45, 7) is 0.481. The van der Waals surface area contributed by atoms with E-state index in [1.54, 1.807) is 14.2 Å². The molecule has 3 aromatic rings. The van der Waals surface area contributed by atoms with Crippen molar-refractivity contribution in [2.24, 2.45) is 0 Å². The number of nitrogens with zero attached hydrogens (tertiary/aromatic N) is 1. The number of urea groups is 1. The van der Waals surface area contributed by atoms with E-state index >= 15 is 0 Å². The van der Waals surface area contributed by atoms with Gasteiger partial charge in [-0.3, -0.25) is 4.72 Å². The second kappa shape index (κ2) is 8.48. The number of aromatic amines is 1. The number of aromatic nitrogens is 2. The van der Waals surface area contributed by atoms with Crippen molar-refractivity contribution in [3.05, 3.63) is 48.0 Å². The molecule has 3 rings (SSSR count). The Balaban J connectivity index is 1.47. The minimum atomic E-state index is -0.275. The van der Waals surface area contributed by atoms with Crippen LogP contribution in [0.3, 0.4) is 0 Å². The number of para-hydroxylation sites is 2. The fourth-order valence-corrected chi connectivity index (χ4v) is 3.04. The Morgan fingerprint density at radius 1 is 1.19 bits per heavy atom. The molecule has 1 aromatic heterocycles. The number of hydrogen-bond acceptors (Lipinski definition) is 5. The molecule has 0 atom stereocenters. The Morgan fingerprint density at radius 3 is 2.81 bits per heavy atom. The van der Waals surface area contributed by atoms with Gasteiger partial charge < -0.3 is 19.8 Å². The fourth-order valence-electron chi connectivity index (χ4n) is 2.48. The summed E-state index contributed by atoms with van der Waals surface area (Å²) >= 11 is 1.14. The van der Waals surface area contributed by atoms with Crippen molar-refractivity contribution >= 4 is 29.0 Å². The van der Waals surface area contributed by atoms with Gasteiger partial charge in [-0.25, -0.2) is 9.78 Å². The molecule has 0 saturated carbocycles. The van der Waals surface area contributed by atoms with Gasteiger partial charge in [0.25, 0.3) is 0 Å². The lowest BCUT2D eigenvalue weighted by molar-refractivity contribution is 0.246. The van der Waals surface area contributed by atoms with Gasteiger partial charge in [0.2, 0.25) is 0 Å². The third kappa shape index (κ3) is 4.40. The number of ether oxygens (including phenoxy) is 2. The van der Waals surface area contributed by atoms with Crippen LogP contribution in [-0.4, -0.2) is 36.8 Å². The molecule has 3 N–H and O–H groups in total. The average molecular weight is 372 g/mol. The third-order valence-electron chi connectivity index (χ3n) is 3.78. The van der Waals surface area contributed by atoms with Gasteiger partial charge in [0.15, 0.2) is 5.16 Å². The van der Waals surface area contributed by atoms with Crippen LogP contribution in [0.2, 0.25) is 0 Å². The number of methoxy groups -OCH3 is 2. The second-order valence-electron chi connectivity index (χ2n) is 5.45. The van der Waals surface area contributed by atoms with Crippen molar-refractivity contribution in [2.75, 3.05) is 20.8 Å². The third-order valence-corrected chi connectivity index (χ3v) is 4.46. The molecule has 0 radical (unpaired) electrons. The Kier molecular flexibility index (Phi) is 5.85. The van der Waals surface area contributed by atoms with Gasteiger partial charge in [0, 0.05) is 24.6 Å². The summed E-state index contributed by atoms with van der Waals surface area (Å²) in [4.78, 5) is 19.5. The summed E-state index contributed by atoms with van der Waals surface area (Å²) in [5.74, 6) is 1.47. The summed E-state index contributed by atoms with van der Waals surface area (Å²) < 4.78 is 13.2. The van der Waals surface area contributed by atoms with Crippen molar-refractivity contribution in [1.29, 1.82) is 0 Å². The molecule has 2 aromatic carbocycles. The number of amides is 2. The van der Waals surface area contributed by atoms with Crippen LogP contribution >= 0.6 is 11.9 Å². The molecule has 0 aliphatic carbocycles. The molecule has 0 spiro atoms. The predicted molar refractivity (Wildman–Crippen MR) is 102 cm³/mol. The molecule has 0 aliphatic rings. The molecule has 0 saturated heterocycles. The Bertz CT molecular complexity index is 864. The number of nitrogens with one attached hydrogen (secondary N) is 3.